The van der Waals surface area contributed by atoms with Gasteiger partial charge in [0.25, 0.3) is 0 Å². The maximum Gasteiger partial charge on any atom is 0.0463 e. The zero-order valence-corrected chi connectivity index (χ0v) is 14.5. The summed E-state index contributed by atoms with van der Waals surface area (Å²) >= 11 is 5.67. The smallest absolute Gasteiger partial charge is 0.0463 e. The number of thioether (sulfide) groups is 1. The molecular weight excluding hydrogens is 302 g/mol. The lowest BCUT2D eigenvalue weighted by Crippen LogP contribution is -2.23. The van der Waals surface area contributed by atoms with Gasteiger partial charge in [-0.2, -0.15) is 11.8 Å². The summed E-state index contributed by atoms with van der Waals surface area (Å²) in [6.45, 7) is 1.13. The lowest BCUT2D eigenvalue weighted by atomic mass is 10.1. The van der Waals surface area contributed by atoms with Crippen molar-refractivity contribution < 1.29 is 0 Å². The van der Waals surface area contributed by atoms with Crippen LogP contribution in [0, 0.1) is 0 Å². The van der Waals surface area contributed by atoms with Crippen LogP contribution < -0.4 is 5.32 Å². The van der Waals surface area contributed by atoms with Crippen molar-refractivity contribution in [3.63, 3.8) is 0 Å². The Hall–Kier alpha value is -0.290. The van der Waals surface area contributed by atoms with E-state index in [4.69, 9.17) is 0 Å². The van der Waals surface area contributed by atoms with E-state index in [1.54, 1.807) is 0 Å². The Morgan fingerprint density at radius 3 is 2.65 bits per heavy atom. The fourth-order valence-electron chi connectivity index (χ4n) is 2.22. The Balaban J connectivity index is 1.78. The summed E-state index contributed by atoms with van der Waals surface area (Å²) in [7, 11) is 0. The highest BCUT2D eigenvalue weighted by Crippen LogP contribution is 2.24. The standard InChI is InChI=1S/C16H23NS3/c1-18-10-4-2-3-9-17-15(16-8-6-12-20-16)13-14-7-5-11-19-14/h5-8,11-12,15,17H,2-4,9-10,13H2,1H3. The summed E-state index contributed by atoms with van der Waals surface area (Å²) in [5.74, 6) is 1.30. The first-order chi connectivity index (χ1) is 9.90. The van der Waals surface area contributed by atoms with E-state index in [-0.39, 0.29) is 0 Å². The molecule has 0 aliphatic heterocycles. The summed E-state index contributed by atoms with van der Waals surface area (Å²) < 4.78 is 0. The average Bonchev–Trinajstić information content (AvgIpc) is 3.13. The van der Waals surface area contributed by atoms with Gasteiger partial charge in [-0.25, -0.2) is 0 Å². The number of nitrogens with one attached hydrogen (secondary N) is 1. The van der Waals surface area contributed by atoms with Crippen molar-refractivity contribution in [2.45, 2.75) is 31.7 Å². The first-order valence-corrected chi connectivity index (χ1v) is 10.3. The second-order valence-electron chi connectivity index (χ2n) is 4.86. The molecule has 20 heavy (non-hydrogen) atoms. The van der Waals surface area contributed by atoms with Crippen molar-refractivity contribution in [1.29, 1.82) is 0 Å². The van der Waals surface area contributed by atoms with Gasteiger partial charge in [0.1, 0.15) is 0 Å². The molecule has 1 unspecified atom stereocenters. The molecule has 0 amide bonds. The Morgan fingerprint density at radius 1 is 1.10 bits per heavy atom. The van der Waals surface area contributed by atoms with E-state index < -0.39 is 0 Å². The number of hydrogen-bond acceptors (Lipinski definition) is 4. The quantitative estimate of drug-likeness (QED) is 0.601. The van der Waals surface area contributed by atoms with Gasteiger partial charge in [0.05, 0.1) is 0 Å². The van der Waals surface area contributed by atoms with Gasteiger partial charge in [-0.1, -0.05) is 18.6 Å². The minimum atomic E-state index is 0.481. The number of rotatable bonds is 10. The largest absolute Gasteiger partial charge is 0.309 e. The predicted octanol–water partition coefficient (Wildman–Crippen LogP) is 5.22. The van der Waals surface area contributed by atoms with E-state index in [1.165, 1.54) is 34.8 Å². The van der Waals surface area contributed by atoms with Crippen LogP contribution >= 0.6 is 34.4 Å². The molecule has 4 heteroatoms. The lowest BCUT2D eigenvalue weighted by Gasteiger charge is -2.16. The van der Waals surface area contributed by atoms with Crippen LogP contribution in [-0.2, 0) is 6.42 Å². The zero-order chi connectivity index (χ0) is 14.0. The number of unbranched alkanes of at least 4 members (excludes halogenated alkanes) is 2. The van der Waals surface area contributed by atoms with E-state index in [1.807, 2.05) is 34.4 Å². The minimum absolute atomic E-state index is 0.481. The SMILES string of the molecule is CSCCCCCNC(Cc1cccs1)c1cccs1. The van der Waals surface area contributed by atoms with Gasteiger partial charge in [0.2, 0.25) is 0 Å². The van der Waals surface area contributed by atoms with E-state index in [0.717, 1.165) is 13.0 Å². The molecule has 0 spiro atoms. The second-order valence-corrected chi connectivity index (χ2v) is 7.86. The lowest BCUT2D eigenvalue weighted by molar-refractivity contribution is 0.520. The van der Waals surface area contributed by atoms with Gasteiger partial charge in [0, 0.05) is 22.2 Å². The molecule has 110 valence electrons. The van der Waals surface area contributed by atoms with E-state index >= 15 is 0 Å². The van der Waals surface area contributed by atoms with E-state index in [0.29, 0.717) is 6.04 Å². The molecule has 0 saturated carbocycles. The summed E-state index contributed by atoms with van der Waals surface area (Å²) in [5.41, 5.74) is 0. The molecule has 2 aromatic heterocycles. The second kappa shape index (κ2) is 9.61. The first kappa shape index (κ1) is 16.1. The molecule has 0 aliphatic rings. The van der Waals surface area contributed by atoms with E-state index in [9.17, 15) is 0 Å². The summed E-state index contributed by atoms with van der Waals surface area (Å²) in [6, 6.07) is 9.28. The van der Waals surface area contributed by atoms with Crippen LogP contribution in [-0.4, -0.2) is 18.6 Å². The third-order valence-corrected chi connectivity index (χ3v) is 5.87. The van der Waals surface area contributed by atoms with Crippen LogP contribution in [0.2, 0.25) is 0 Å². The Labute approximate surface area is 134 Å². The van der Waals surface area contributed by atoms with Gasteiger partial charge >= 0.3 is 0 Å². The Morgan fingerprint density at radius 2 is 1.95 bits per heavy atom. The third kappa shape index (κ3) is 5.60. The Bertz CT molecular complexity index is 436. The van der Waals surface area contributed by atoms with Crippen LogP contribution in [0.5, 0.6) is 0 Å². The minimum Gasteiger partial charge on any atom is -0.309 e. The maximum atomic E-state index is 3.75. The predicted molar refractivity (Wildman–Crippen MR) is 95.3 cm³/mol. The fraction of sp³-hybridized carbons (Fsp3) is 0.500. The zero-order valence-electron chi connectivity index (χ0n) is 12.0. The fourth-order valence-corrected chi connectivity index (χ4v) is 4.26. The van der Waals surface area contributed by atoms with Crippen molar-refractivity contribution in [2.24, 2.45) is 0 Å². The molecule has 0 fully saturated rings. The van der Waals surface area contributed by atoms with Crippen LogP contribution in [0.15, 0.2) is 35.0 Å². The summed E-state index contributed by atoms with van der Waals surface area (Å²) in [5, 5.41) is 8.09. The first-order valence-electron chi connectivity index (χ1n) is 7.18. The van der Waals surface area contributed by atoms with Gasteiger partial charge < -0.3 is 5.32 Å². The molecular formula is C16H23NS3. The van der Waals surface area contributed by atoms with Crippen molar-refractivity contribution in [3.05, 3.63) is 44.8 Å². The number of thiophene rings is 2. The van der Waals surface area contributed by atoms with Gasteiger partial charge in [0.15, 0.2) is 0 Å². The van der Waals surface area contributed by atoms with Crippen molar-refractivity contribution in [3.8, 4) is 0 Å². The molecule has 0 bridgehead atoms. The summed E-state index contributed by atoms with van der Waals surface area (Å²) in [6.07, 6.45) is 7.27. The highest BCUT2D eigenvalue weighted by atomic mass is 32.2. The molecule has 1 atom stereocenters. The molecule has 2 rings (SSSR count). The van der Waals surface area contributed by atoms with Gasteiger partial charge in [-0.05, 0) is 54.3 Å². The molecule has 1 nitrogen and oxygen atoms in total. The van der Waals surface area contributed by atoms with Gasteiger partial charge in [-0.3, -0.25) is 0 Å². The molecule has 2 aromatic rings. The van der Waals surface area contributed by atoms with Crippen molar-refractivity contribution >= 4 is 34.4 Å². The molecule has 0 aromatic carbocycles. The third-order valence-electron chi connectivity index (χ3n) is 3.29. The van der Waals surface area contributed by atoms with Crippen LogP contribution in [0.4, 0.5) is 0 Å². The van der Waals surface area contributed by atoms with E-state index in [2.05, 4.69) is 46.6 Å². The Kier molecular flexibility index (Phi) is 7.73. The average molecular weight is 326 g/mol. The van der Waals surface area contributed by atoms with Crippen molar-refractivity contribution in [2.75, 3.05) is 18.6 Å². The molecule has 0 saturated heterocycles. The highest BCUT2D eigenvalue weighted by molar-refractivity contribution is 7.98. The van der Waals surface area contributed by atoms with Crippen LogP contribution in [0.1, 0.15) is 35.1 Å². The van der Waals surface area contributed by atoms with Gasteiger partial charge in [-0.15, -0.1) is 22.7 Å². The van der Waals surface area contributed by atoms with Crippen molar-refractivity contribution in [1.82, 2.24) is 5.32 Å². The highest BCUT2D eigenvalue weighted by Gasteiger charge is 2.13. The molecule has 1 N–H and O–H groups in total. The topological polar surface area (TPSA) is 12.0 Å². The summed E-state index contributed by atoms with van der Waals surface area (Å²) in [4.78, 5) is 2.93. The number of hydrogen-bond donors (Lipinski definition) is 1. The molecule has 2 heterocycles. The monoisotopic (exact) mass is 325 g/mol. The molecule has 0 radical (unpaired) electrons. The van der Waals surface area contributed by atoms with Crippen LogP contribution in [0.3, 0.4) is 0 Å². The van der Waals surface area contributed by atoms with Crippen LogP contribution in [0.25, 0.3) is 0 Å². The normalized spacial score (nSPS) is 12.7. The molecule has 0 aliphatic carbocycles. The maximum absolute atomic E-state index is 3.75.